The molecule has 0 radical (unpaired) electrons. The minimum absolute atomic E-state index is 0.0257. The van der Waals surface area contributed by atoms with Crippen LogP contribution in [-0.4, -0.2) is 18.2 Å². The third-order valence-corrected chi connectivity index (χ3v) is 2.93. The number of methoxy groups -OCH3 is 1. The molecule has 0 spiro atoms. The first kappa shape index (κ1) is 15.0. The highest BCUT2D eigenvalue weighted by Gasteiger charge is 2.08. The Balaban J connectivity index is 2.23. The molecule has 0 aliphatic heterocycles. The van der Waals surface area contributed by atoms with E-state index < -0.39 is 0 Å². The van der Waals surface area contributed by atoms with Gasteiger partial charge < -0.3 is 20.5 Å². The number of benzene rings is 1. The molecule has 0 saturated heterocycles. The van der Waals surface area contributed by atoms with Crippen LogP contribution in [0, 0.1) is 6.92 Å². The highest BCUT2D eigenvalue weighted by molar-refractivity contribution is 5.64. The van der Waals surface area contributed by atoms with Crippen molar-refractivity contribution in [3.05, 3.63) is 35.9 Å². The predicted molar refractivity (Wildman–Crippen MR) is 85.4 cm³/mol. The van der Waals surface area contributed by atoms with Crippen molar-refractivity contribution in [1.82, 2.24) is 4.98 Å². The monoisotopic (exact) mass is 287 g/mol. The number of pyridine rings is 1. The Labute approximate surface area is 125 Å². The van der Waals surface area contributed by atoms with Gasteiger partial charge in [0.2, 0.25) is 5.88 Å². The molecule has 0 saturated carbocycles. The van der Waals surface area contributed by atoms with Crippen LogP contribution in [0.3, 0.4) is 0 Å². The molecule has 0 aliphatic carbocycles. The fourth-order valence-corrected chi connectivity index (χ4v) is 1.88. The first-order valence-corrected chi connectivity index (χ1v) is 6.84. The summed E-state index contributed by atoms with van der Waals surface area (Å²) in [4.78, 5) is 4.40. The summed E-state index contributed by atoms with van der Waals surface area (Å²) in [7, 11) is 1.65. The van der Waals surface area contributed by atoms with E-state index in [1.807, 2.05) is 45.0 Å². The number of aryl methyl sites for hydroxylation is 1. The molecule has 2 aromatic rings. The van der Waals surface area contributed by atoms with Crippen molar-refractivity contribution in [2.45, 2.75) is 26.9 Å². The zero-order valence-corrected chi connectivity index (χ0v) is 12.8. The SMILES string of the molecule is COc1ccc(Nc2ccc(N)c(OC(C)C)n2)c(C)c1. The molecule has 1 aromatic carbocycles. The third-order valence-electron chi connectivity index (χ3n) is 2.93. The van der Waals surface area contributed by atoms with Gasteiger partial charge in [0.15, 0.2) is 0 Å². The summed E-state index contributed by atoms with van der Waals surface area (Å²) in [5.41, 5.74) is 8.43. The minimum atomic E-state index is 0.0257. The Morgan fingerprint density at radius 3 is 2.57 bits per heavy atom. The molecule has 5 nitrogen and oxygen atoms in total. The van der Waals surface area contributed by atoms with Crippen LogP contribution in [-0.2, 0) is 0 Å². The van der Waals surface area contributed by atoms with Gasteiger partial charge in [-0.05, 0) is 56.7 Å². The summed E-state index contributed by atoms with van der Waals surface area (Å²) >= 11 is 0. The van der Waals surface area contributed by atoms with Gasteiger partial charge in [0, 0.05) is 5.69 Å². The highest BCUT2D eigenvalue weighted by atomic mass is 16.5. The van der Waals surface area contributed by atoms with E-state index >= 15 is 0 Å². The van der Waals surface area contributed by atoms with Crippen LogP contribution in [0.1, 0.15) is 19.4 Å². The Morgan fingerprint density at radius 2 is 1.95 bits per heavy atom. The van der Waals surface area contributed by atoms with E-state index in [9.17, 15) is 0 Å². The minimum Gasteiger partial charge on any atom is -0.497 e. The number of nitrogen functional groups attached to an aromatic ring is 1. The molecule has 3 N–H and O–H groups in total. The first-order valence-electron chi connectivity index (χ1n) is 6.84. The summed E-state index contributed by atoms with van der Waals surface area (Å²) in [5, 5.41) is 3.26. The zero-order chi connectivity index (χ0) is 15.4. The number of nitrogens with zero attached hydrogens (tertiary/aromatic N) is 1. The van der Waals surface area contributed by atoms with Crippen molar-refractivity contribution in [1.29, 1.82) is 0 Å². The lowest BCUT2D eigenvalue weighted by Crippen LogP contribution is -2.09. The van der Waals surface area contributed by atoms with E-state index in [0.29, 0.717) is 17.4 Å². The number of ether oxygens (including phenoxy) is 2. The van der Waals surface area contributed by atoms with Gasteiger partial charge >= 0.3 is 0 Å². The molecule has 0 bridgehead atoms. The van der Waals surface area contributed by atoms with Gasteiger partial charge in [-0.25, -0.2) is 0 Å². The largest absolute Gasteiger partial charge is 0.497 e. The normalized spacial score (nSPS) is 10.5. The molecule has 0 unspecified atom stereocenters. The smallest absolute Gasteiger partial charge is 0.239 e. The molecule has 0 fully saturated rings. The number of nitrogens with one attached hydrogen (secondary N) is 1. The van der Waals surface area contributed by atoms with Crippen LogP contribution in [0.15, 0.2) is 30.3 Å². The molecule has 112 valence electrons. The Hall–Kier alpha value is -2.43. The number of aromatic nitrogens is 1. The fraction of sp³-hybridized carbons (Fsp3) is 0.312. The van der Waals surface area contributed by atoms with Crippen molar-refractivity contribution in [3.63, 3.8) is 0 Å². The average molecular weight is 287 g/mol. The molecule has 2 rings (SSSR count). The van der Waals surface area contributed by atoms with E-state index in [0.717, 1.165) is 17.0 Å². The molecule has 0 amide bonds. The summed E-state index contributed by atoms with van der Waals surface area (Å²) < 4.78 is 10.8. The van der Waals surface area contributed by atoms with E-state index in [1.54, 1.807) is 13.2 Å². The molecule has 1 aromatic heterocycles. The van der Waals surface area contributed by atoms with Crippen LogP contribution in [0.2, 0.25) is 0 Å². The number of rotatable bonds is 5. The highest BCUT2D eigenvalue weighted by Crippen LogP contribution is 2.27. The van der Waals surface area contributed by atoms with E-state index in [1.165, 1.54) is 0 Å². The van der Waals surface area contributed by atoms with E-state index in [2.05, 4.69) is 10.3 Å². The first-order chi connectivity index (χ1) is 9.99. The molecular weight excluding hydrogens is 266 g/mol. The lowest BCUT2D eigenvalue weighted by atomic mass is 10.2. The Bertz CT molecular complexity index is 627. The lowest BCUT2D eigenvalue weighted by molar-refractivity contribution is 0.234. The second-order valence-corrected chi connectivity index (χ2v) is 5.06. The second kappa shape index (κ2) is 6.35. The zero-order valence-electron chi connectivity index (χ0n) is 12.8. The van der Waals surface area contributed by atoms with Crippen LogP contribution in [0.25, 0.3) is 0 Å². The summed E-state index contributed by atoms with van der Waals surface area (Å²) in [6.07, 6.45) is 0.0257. The summed E-state index contributed by atoms with van der Waals surface area (Å²) in [6, 6.07) is 9.43. The van der Waals surface area contributed by atoms with Crippen molar-refractivity contribution < 1.29 is 9.47 Å². The maximum atomic E-state index is 5.87. The fourth-order valence-electron chi connectivity index (χ4n) is 1.88. The second-order valence-electron chi connectivity index (χ2n) is 5.06. The van der Waals surface area contributed by atoms with E-state index in [-0.39, 0.29) is 6.10 Å². The molecule has 21 heavy (non-hydrogen) atoms. The molecule has 0 aliphatic rings. The van der Waals surface area contributed by atoms with Crippen LogP contribution < -0.4 is 20.5 Å². The van der Waals surface area contributed by atoms with Crippen molar-refractivity contribution in [2.24, 2.45) is 0 Å². The average Bonchev–Trinajstić information content (AvgIpc) is 2.44. The topological polar surface area (TPSA) is 69.4 Å². The van der Waals surface area contributed by atoms with E-state index in [4.69, 9.17) is 15.2 Å². The van der Waals surface area contributed by atoms with Gasteiger partial charge in [-0.15, -0.1) is 0 Å². The van der Waals surface area contributed by atoms with Gasteiger partial charge in [0.05, 0.1) is 18.9 Å². The number of hydrogen-bond donors (Lipinski definition) is 2. The van der Waals surface area contributed by atoms with Crippen LogP contribution in [0.4, 0.5) is 17.2 Å². The summed E-state index contributed by atoms with van der Waals surface area (Å²) in [6.45, 7) is 5.89. The number of hydrogen-bond acceptors (Lipinski definition) is 5. The van der Waals surface area contributed by atoms with Crippen molar-refractivity contribution >= 4 is 17.2 Å². The Morgan fingerprint density at radius 1 is 1.19 bits per heavy atom. The van der Waals surface area contributed by atoms with Gasteiger partial charge in [-0.1, -0.05) is 0 Å². The maximum absolute atomic E-state index is 5.87. The van der Waals surface area contributed by atoms with Gasteiger partial charge in [0.1, 0.15) is 11.6 Å². The molecule has 0 atom stereocenters. The van der Waals surface area contributed by atoms with Gasteiger partial charge in [-0.2, -0.15) is 4.98 Å². The van der Waals surface area contributed by atoms with Gasteiger partial charge in [0.25, 0.3) is 0 Å². The van der Waals surface area contributed by atoms with Gasteiger partial charge in [-0.3, -0.25) is 0 Å². The predicted octanol–water partition coefficient (Wildman–Crippen LogP) is 3.51. The summed E-state index contributed by atoms with van der Waals surface area (Å²) in [5.74, 6) is 1.96. The maximum Gasteiger partial charge on any atom is 0.239 e. The van der Waals surface area contributed by atoms with Crippen molar-refractivity contribution in [3.8, 4) is 11.6 Å². The van der Waals surface area contributed by atoms with Crippen molar-refractivity contribution in [2.75, 3.05) is 18.2 Å². The molecule has 1 heterocycles. The molecule has 5 heteroatoms. The number of anilines is 3. The standard InChI is InChI=1S/C16H21N3O2/c1-10(2)21-16-13(17)6-8-15(19-16)18-14-7-5-12(20-4)9-11(14)3/h5-10H,17H2,1-4H3,(H,18,19). The van der Waals surface area contributed by atoms with Crippen LogP contribution in [0.5, 0.6) is 11.6 Å². The quantitative estimate of drug-likeness (QED) is 0.880. The third kappa shape index (κ3) is 3.78. The molecular formula is C16H21N3O2. The Kier molecular flexibility index (Phi) is 4.52. The lowest BCUT2D eigenvalue weighted by Gasteiger charge is -2.14. The number of nitrogens with two attached hydrogens (primary N) is 1. The van der Waals surface area contributed by atoms with Crippen LogP contribution >= 0.6 is 0 Å².